The van der Waals surface area contributed by atoms with Gasteiger partial charge in [-0.05, 0) is 49.3 Å². The van der Waals surface area contributed by atoms with Gasteiger partial charge >= 0.3 is 0 Å². The predicted molar refractivity (Wildman–Crippen MR) is 108 cm³/mol. The first-order valence-corrected chi connectivity index (χ1v) is 8.99. The number of likely N-dealkylation sites (N-methyl/N-ethyl adjacent to an activating group) is 1. The van der Waals surface area contributed by atoms with E-state index in [0.29, 0.717) is 12.2 Å². The minimum atomic E-state index is -0.346. The van der Waals surface area contributed by atoms with E-state index in [-0.39, 0.29) is 28.6 Å². The van der Waals surface area contributed by atoms with Gasteiger partial charge in [0.1, 0.15) is 11.4 Å². The standard InChI is InChI=1S/C21H28N4O2/c1-21(2,3)15-9-11-16(12-10-15)23-20(27)18-8-6-7-17(24-18)19(26)22-13-14-25(4)5/h6-12H,13-14H2,1-5H3,(H,22,26)(H,23,27). The van der Waals surface area contributed by atoms with Crippen molar-refractivity contribution in [2.45, 2.75) is 26.2 Å². The van der Waals surface area contributed by atoms with Crippen molar-refractivity contribution in [2.75, 3.05) is 32.5 Å². The molecule has 0 aliphatic heterocycles. The molecular formula is C21H28N4O2. The van der Waals surface area contributed by atoms with E-state index in [4.69, 9.17) is 0 Å². The van der Waals surface area contributed by atoms with E-state index in [1.807, 2.05) is 43.3 Å². The van der Waals surface area contributed by atoms with Gasteiger partial charge in [-0.15, -0.1) is 0 Å². The molecule has 1 aromatic carbocycles. The van der Waals surface area contributed by atoms with Crippen LogP contribution in [0.3, 0.4) is 0 Å². The number of nitrogens with one attached hydrogen (secondary N) is 2. The van der Waals surface area contributed by atoms with Gasteiger partial charge in [0.15, 0.2) is 0 Å². The van der Waals surface area contributed by atoms with Gasteiger partial charge in [0, 0.05) is 18.8 Å². The number of carbonyl (C=O) groups excluding carboxylic acids is 2. The average Bonchev–Trinajstić information content (AvgIpc) is 2.61. The summed E-state index contributed by atoms with van der Waals surface area (Å²) in [7, 11) is 3.87. The zero-order chi connectivity index (χ0) is 20.0. The van der Waals surface area contributed by atoms with Crippen molar-refractivity contribution >= 4 is 17.5 Å². The zero-order valence-electron chi connectivity index (χ0n) is 16.7. The highest BCUT2D eigenvalue weighted by Gasteiger charge is 2.15. The van der Waals surface area contributed by atoms with Gasteiger partial charge in [-0.2, -0.15) is 0 Å². The van der Waals surface area contributed by atoms with Crippen LogP contribution in [0.5, 0.6) is 0 Å². The molecule has 0 fully saturated rings. The minimum Gasteiger partial charge on any atom is -0.349 e. The Balaban J connectivity index is 2.03. The van der Waals surface area contributed by atoms with Crippen LogP contribution in [0.4, 0.5) is 5.69 Å². The number of amides is 2. The summed E-state index contributed by atoms with van der Waals surface area (Å²) >= 11 is 0. The van der Waals surface area contributed by atoms with Crippen molar-refractivity contribution in [2.24, 2.45) is 0 Å². The molecule has 0 aliphatic carbocycles. The van der Waals surface area contributed by atoms with Gasteiger partial charge < -0.3 is 15.5 Å². The van der Waals surface area contributed by atoms with E-state index in [1.54, 1.807) is 18.2 Å². The molecule has 2 N–H and O–H groups in total. The maximum absolute atomic E-state index is 12.5. The van der Waals surface area contributed by atoms with E-state index in [1.165, 1.54) is 5.56 Å². The van der Waals surface area contributed by atoms with Crippen molar-refractivity contribution in [3.63, 3.8) is 0 Å². The highest BCUT2D eigenvalue weighted by atomic mass is 16.2. The highest BCUT2D eigenvalue weighted by Crippen LogP contribution is 2.23. The van der Waals surface area contributed by atoms with E-state index in [9.17, 15) is 9.59 Å². The molecule has 2 rings (SSSR count). The maximum Gasteiger partial charge on any atom is 0.274 e. The summed E-state index contributed by atoms with van der Waals surface area (Å²) in [6, 6.07) is 12.6. The summed E-state index contributed by atoms with van der Waals surface area (Å²) in [6.07, 6.45) is 0. The smallest absolute Gasteiger partial charge is 0.274 e. The van der Waals surface area contributed by atoms with Crippen molar-refractivity contribution in [1.82, 2.24) is 15.2 Å². The molecule has 0 saturated heterocycles. The quantitative estimate of drug-likeness (QED) is 0.822. The van der Waals surface area contributed by atoms with Crippen LogP contribution < -0.4 is 10.6 Å². The lowest BCUT2D eigenvalue weighted by Crippen LogP contribution is -2.32. The lowest BCUT2D eigenvalue weighted by Gasteiger charge is -2.19. The molecular weight excluding hydrogens is 340 g/mol. The summed E-state index contributed by atoms with van der Waals surface area (Å²) < 4.78 is 0. The van der Waals surface area contributed by atoms with Crippen LogP contribution in [-0.2, 0) is 5.41 Å². The van der Waals surface area contributed by atoms with Crippen LogP contribution >= 0.6 is 0 Å². The van der Waals surface area contributed by atoms with E-state index < -0.39 is 0 Å². The lowest BCUT2D eigenvalue weighted by molar-refractivity contribution is 0.0946. The monoisotopic (exact) mass is 368 g/mol. The second kappa shape index (κ2) is 8.77. The summed E-state index contributed by atoms with van der Waals surface area (Å²) in [5.74, 6) is -0.637. The predicted octanol–water partition coefficient (Wildman–Crippen LogP) is 2.92. The number of benzene rings is 1. The lowest BCUT2D eigenvalue weighted by atomic mass is 9.87. The molecule has 0 radical (unpaired) electrons. The molecule has 0 unspecified atom stereocenters. The number of hydrogen-bond acceptors (Lipinski definition) is 4. The van der Waals surface area contributed by atoms with Gasteiger partial charge in [-0.3, -0.25) is 9.59 Å². The Morgan fingerprint density at radius 3 is 2.11 bits per heavy atom. The molecule has 2 amide bonds. The highest BCUT2D eigenvalue weighted by molar-refractivity contribution is 6.03. The van der Waals surface area contributed by atoms with Gasteiger partial charge in [-0.1, -0.05) is 39.0 Å². The molecule has 0 saturated carbocycles. The molecule has 0 aliphatic rings. The fraction of sp³-hybridized carbons (Fsp3) is 0.381. The number of carbonyl (C=O) groups is 2. The van der Waals surface area contributed by atoms with Crippen molar-refractivity contribution in [3.05, 3.63) is 59.4 Å². The van der Waals surface area contributed by atoms with Crippen molar-refractivity contribution in [1.29, 1.82) is 0 Å². The molecule has 2 aromatic rings. The van der Waals surface area contributed by atoms with Crippen LogP contribution in [0.15, 0.2) is 42.5 Å². The Morgan fingerprint density at radius 2 is 1.56 bits per heavy atom. The average molecular weight is 368 g/mol. The Morgan fingerprint density at radius 1 is 0.963 bits per heavy atom. The third kappa shape index (κ3) is 6.18. The van der Waals surface area contributed by atoms with Gasteiger partial charge in [0.2, 0.25) is 0 Å². The molecule has 1 heterocycles. The molecule has 144 valence electrons. The van der Waals surface area contributed by atoms with Gasteiger partial charge in [-0.25, -0.2) is 4.98 Å². The number of hydrogen-bond donors (Lipinski definition) is 2. The normalized spacial score (nSPS) is 11.3. The second-order valence-electron chi connectivity index (χ2n) is 7.75. The number of anilines is 1. The van der Waals surface area contributed by atoms with E-state index >= 15 is 0 Å². The summed E-state index contributed by atoms with van der Waals surface area (Å²) in [5, 5.41) is 5.61. The molecule has 0 spiro atoms. The third-order valence-electron chi connectivity index (χ3n) is 4.07. The summed E-state index contributed by atoms with van der Waals surface area (Å²) in [5.41, 5.74) is 2.36. The molecule has 0 atom stereocenters. The maximum atomic E-state index is 12.5. The van der Waals surface area contributed by atoms with Crippen molar-refractivity contribution in [3.8, 4) is 0 Å². The van der Waals surface area contributed by atoms with Crippen LogP contribution in [-0.4, -0.2) is 48.9 Å². The van der Waals surface area contributed by atoms with Crippen LogP contribution in [0.25, 0.3) is 0 Å². The van der Waals surface area contributed by atoms with Crippen LogP contribution in [0, 0.1) is 0 Å². The Labute approximate surface area is 161 Å². The number of nitrogens with zero attached hydrogens (tertiary/aromatic N) is 2. The van der Waals surface area contributed by atoms with Gasteiger partial charge in [0.05, 0.1) is 0 Å². The Kier molecular flexibility index (Phi) is 6.69. The fourth-order valence-electron chi connectivity index (χ4n) is 2.42. The number of rotatable bonds is 6. The second-order valence-corrected chi connectivity index (χ2v) is 7.75. The van der Waals surface area contributed by atoms with Crippen LogP contribution in [0.1, 0.15) is 47.3 Å². The molecule has 27 heavy (non-hydrogen) atoms. The first kappa shape index (κ1) is 20.6. The largest absolute Gasteiger partial charge is 0.349 e. The van der Waals surface area contributed by atoms with Crippen molar-refractivity contribution < 1.29 is 9.59 Å². The minimum absolute atomic E-state index is 0.0539. The van der Waals surface area contributed by atoms with E-state index in [0.717, 1.165) is 6.54 Å². The molecule has 6 heteroatoms. The Hall–Kier alpha value is -2.73. The summed E-state index contributed by atoms with van der Waals surface area (Å²) in [4.78, 5) is 30.8. The van der Waals surface area contributed by atoms with E-state index in [2.05, 4.69) is 36.4 Å². The Bertz CT molecular complexity index is 793. The number of aromatic nitrogens is 1. The molecule has 6 nitrogen and oxygen atoms in total. The fourth-order valence-corrected chi connectivity index (χ4v) is 2.42. The topological polar surface area (TPSA) is 74.3 Å². The number of pyridine rings is 1. The van der Waals surface area contributed by atoms with Gasteiger partial charge in [0.25, 0.3) is 11.8 Å². The first-order valence-electron chi connectivity index (χ1n) is 8.99. The third-order valence-corrected chi connectivity index (χ3v) is 4.07. The molecule has 1 aromatic heterocycles. The zero-order valence-corrected chi connectivity index (χ0v) is 16.7. The first-order chi connectivity index (χ1) is 12.7. The molecule has 0 bridgehead atoms. The summed E-state index contributed by atoms with van der Waals surface area (Å²) in [6.45, 7) is 7.67. The SMILES string of the molecule is CN(C)CCNC(=O)c1cccc(C(=O)Nc2ccc(C(C)(C)C)cc2)n1. The van der Waals surface area contributed by atoms with Crippen LogP contribution in [0.2, 0.25) is 0 Å².